The number of para-hydroxylation sites is 2. The summed E-state index contributed by atoms with van der Waals surface area (Å²) in [5, 5.41) is 2.92. The maximum absolute atomic E-state index is 12.5. The van der Waals surface area contributed by atoms with Crippen molar-refractivity contribution in [2.45, 2.75) is 20.8 Å². The first-order valence-corrected chi connectivity index (χ1v) is 8.38. The van der Waals surface area contributed by atoms with Crippen molar-refractivity contribution in [1.29, 1.82) is 0 Å². The summed E-state index contributed by atoms with van der Waals surface area (Å²) in [5.41, 5.74) is 4.67. The fourth-order valence-electron chi connectivity index (χ4n) is 2.88. The van der Waals surface area contributed by atoms with E-state index in [1.165, 1.54) is 11.4 Å². The van der Waals surface area contributed by atoms with Gasteiger partial charge in [-0.3, -0.25) is 4.79 Å². The highest BCUT2D eigenvalue weighted by molar-refractivity contribution is 6.05. The number of hydrogen-bond donors (Lipinski definition) is 1. The summed E-state index contributed by atoms with van der Waals surface area (Å²) >= 11 is 0. The minimum Gasteiger partial charge on any atom is -0.492 e. The molecule has 1 N–H and O–H groups in total. The van der Waals surface area contributed by atoms with Crippen molar-refractivity contribution in [2.75, 3.05) is 11.9 Å². The zero-order valence-electron chi connectivity index (χ0n) is 14.7. The number of nitrogens with one attached hydrogen (secondary N) is 1. The molecule has 2 aromatic carbocycles. The van der Waals surface area contributed by atoms with Gasteiger partial charge in [-0.1, -0.05) is 12.1 Å². The first-order valence-electron chi connectivity index (χ1n) is 8.38. The zero-order valence-corrected chi connectivity index (χ0v) is 14.7. The van der Waals surface area contributed by atoms with Crippen molar-refractivity contribution >= 4 is 11.6 Å². The number of carbonyl (C=O) groups is 1. The van der Waals surface area contributed by atoms with Crippen LogP contribution in [0.1, 0.15) is 28.7 Å². The molecule has 25 heavy (non-hydrogen) atoms. The van der Waals surface area contributed by atoms with Crippen molar-refractivity contribution in [3.05, 3.63) is 77.6 Å². The Morgan fingerprint density at radius 3 is 2.24 bits per heavy atom. The van der Waals surface area contributed by atoms with Gasteiger partial charge in [0.1, 0.15) is 5.75 Å². The smallest absolute Gasteiger partial charge is 0.255 e. The van der Waals surface area contributed by atoms with E-state index in [4.69, 9.17) is 4.74 Å². The third kappa shape index (κ3) is 3.58. The predicted molar refractivity (Wildman–Crippen MR) is 101 cm³/mol. The van der Waals surface area contributed by atoms with Gasteiger partial charge in [0.15, 0.2) is 0 Å². The molecule has 0 unspecified atom stereocenters. The van der Waals surface area contributed by atoms with Gasteiger partial charge in [0.25, 0.3) is 5.91 Å². The standard InChI is InChI=1S/C21H22N2O2/c1-4-25-20-8-6-5-7-19(20)22-21(24)17-11-13-18(14-12-17)23-15(2)9-10-16(23)3/h5-14H,4H2,1-3H3,(H,22,24). The Bertz CT molecular complexity index is 860. The Morgan fingerprint density at radius 2 is 1.60 bits per heavy atom. The Kier molecular flexibility index (Phi) is 4.89. The second kappa shape index (κ2) is 7.26. The van der Waals surface area contributed by atoms with Crippen LogP contribution in [0.2, 0.25) is 0 Å². The molecule has 1 aromatic heterocycles. The maximum Gasteiger partial charge on any atom is 0.255 e. The molecule has 4 nitrogen and oxygen atoms in total. The average molecular weight is 334 g/mol. The highest BCUT2D eigenvalue weighted by Gasteiger charge is 2.10. The molecule has 0 aliphatic carbocycles. The third-order valence-corrected chi connectivity index (χ3v) is 4.09. The lowest BCUT2D eigenvalue weighted by atomic mass is 10.1. The molecule has 0 spiro atoms. The van der Waals surface area contributed by atoms with Gasteiger partial charge >= 0.3 is 0 Å². The third-order valence-electron chi connectivity index (χ3n) is 4.09. The van der Waals surface area contributed by atoms with E-state index < -0.39 is 0 Å². The topological polar surface area (TPSA) is 43.3 Å². The maximum atomic E-state index is 12.5. The number of benzene rings is 2. The lowest BCUT2D eigenvalue weighted by molar-refractivity contribution is 0.102. The van der Waals surface area contributed by atoms with Crippen LogP contribution in [0.5, 0.6) is 5.75 Å². The monoisotopic (exact) mass is 334 g/mol. The number of nitrogens with zero attached hydrogens (tertiary/aromatic N) is 1. The van der Waals surface area contributed by atoms with Crippen LogP contribution in [0, 0.1) is 13.8 Å². The summed E-state index contributed by atoms with van der Waals surface area (Å²) in [6.07, 6.45) is 0. The van der Waals surface area contributed by atoms with Crippen LogP contribution in [-0.4, -0.2) is 17.1 Å². The van der Waals surface area contributed by atoms with E-state index in [1.54, 1.807) is 0 Å². The first kappa shape index (κ1) is 16.8. The van der Waals surface area contributed by atoms with Crippen molar-refractivity contribution < 1.29 is 9.53 Å². The number of aromatic nitrogens is 1. The largest absolute Gasteiger partial charge is 0.492 e. The summed E-state index contributed by atoms with van der Waals surface area (Å²) in [4.78, 5) is 12.5. The van der Waals surface area contributed by atoms with Crippen LogP contribution in [0.3, 0.4) is 0 Å². The van der Waals surface area contributed by atoms with Gasteiger partial charge in [-0.15, -0.1) is 0 Å². The number of carbonyl (C=O) groups excluding carboxylic acids is 1. The summed E-state index contributed by atoms with van der Waals surface area (Å²) in [6.45, 7) is 6.61. The molecule has 3 aromatic rings. The molecule has 0 bridgehead atoms. The highest BCUT2D eigenvalue weighted by atomic mass is 16.5. The Hall–Kier alpha value is -3.01. The minimum atomic E-state index is -0.153. The second-order valence-electron chi connectivity index (χ2n) is 5.88. The van der Waals surface area contributed by atoms with Crippen molar-refractivity contribution in [3.63, 3.8) is 0 Å². The van der Waals surface area contributed by atoms with Crippen molar-refractivity contribution in [2.24, 2.45) is 0 Å². The van der Waals surface area contributed by atoms with Gasteiger partial charge in [0.2, 0.25) is 0 Å². The van der Waals surface area contributed by atoms with Gasteiger partial charge in [-0.05, 0) is 69.3 Å². The Labute approximate surface area is 148 Å². The predicted octanol–water partition coefficient (Wildman–Crippen LogP) is 4.75. The quantitative estimate of drug-likeness (QED) is 0.732. The Morgan fingerprint density at radius 1 is 0.960 bits per heavy atom. The van der Waals surface area contributed by atoms with Crippen LogP contribution in [0.15, 0.2) is 60.7 Å². The van der Waals surface area contributed by atoms with E-state index >= 15 is 0 Å². The molecule has 0 saturated heterocycles. The minimum absolute atomic E-state index is 0.153. The van der Waals surface area contributed by atoms with Crippen molar-refractivity contribution in [1.82, 2.24) is 4.57 Å². The summed E-state index contributed by atoms with van der Waals surface area (Å²) in [5.74, 6) is 0.521. The first-order chi connectivity index (χ1) is 12.1. The molecular formula is C21H22N2O2. The Balaban J connectivity index is 1.80. The van der Waals surface area contributed by atoms with Gasteiger partial charge in [0.05, 0.1) is 12.3 Å². The molecule has 4 heteroatoms. The van der Waals surface area contributed by atoms with E-state index in [1.807, 2.05) is 55.5 Å². The molecule has 1 heterocycles. The molecule has 3 rings (SSSR count). The van der Waals surface area contributed by atoms with Crippen LogP contribution < -0.4 is 10.1 Å². The molecule has 128 valence electrons. The molecular weight excluding hydrogens is 312 g/mol. The lowest BCUT2D eigenvalue weighted by Crippen LogP contribution is -2.13. The van der Waals surface area contributed by atoms with E-state index in [-0.39, 0.29) is 5.91 Å². The second-order valence-corrected chi connectivity index (χ2v) is 5.88. The number of amides is 1. The van der Waals surface area contributed by atoms with Crippen LogP contribution in [0.4, 0.5) is 5.69 Å². The number of ether oxygens (including phenoxy) is 1. The zero-order chi connectivity index (χ0) is 17.8. The number of anilines is 1. The SMILES string of the molecule is CCOc1ccccc1NC(=O)c1ccc(-n2c(C)ccc2C)cc1. The van der Waals surface area contributed by atoms with Crippen LogP contribution >= 0.6 is 0 Å². The van der Waals surface area contributed by atoms with Crippen molar-refractivity contribution in [3.8, 4) is 11.4 Å². The number of hydrogen-bond acceptors (Lipinski definition) is 2. The average Bonchev–Trinajstić information content (AvgIpc) is 2.95. The van der Waals surface area contributed by atoms with E-state index in [0.29, 0.717) is 23.6 Å². The summed E-state index contributed by atoms with van der Waals surface area (Å²) in [6, 6.07) is 19.2. The molecule has 1 amide bonds. The number of rotatable bonds is 5. The molecule has 0 radical (unpaired) electrons. The van der Waals surface area contributed by atoms with Gasteiger partial charge < -0.3 is 14.6 Å². The van der Waals surface area contributed by atoms with E-state index in [9.17, 15) is 4.79 Å². The highest BCUT2D eigenvalue weighted by Crippen LogP contribution is 2.24. The molecule has 0 aliphatic heterocycles. The summed E-state index contributed by atoms with van der Waals surface area (Å²) in [7, 11) is 0. The van der Waals surface area contributed by atoms with Gasteiger partial charge in [-0.25, -0.2) is 0 Å². The molecule has 0 fully saturated rings. The fraction of sp³-hybridized carbons (Fsp3) is 0.190. The van der Waals surface area contributed by atoms with Crippen LogP contribution in [-0.2, 0) is 0 Å². The van der Waals surface area contributed by atoms with E-state index in [2.05, 4.69) is 35.9 Å². The normalized spacial score (nSPS) is 10.5. The lowest BCUT2D eigenvalue weighted by Gasteiger charge is -2.12. The number of aryl methyl sites for hydroxylation is 2. The molecule has 0 atom stereocenters. The molecule has 0 saturated carbocycles. The van der Waals surface area contributed by atoms with E-state index in [0.717, 1.165) is 5.69 Å². The summed E-state index contributed by atoms with van der Waals surface area (Å²) < 4.78 is 7.71. The fourth-order valence-corrected chi connectivity index (χ4v) is 2.88. The van der Waals surface area contributed by atoms with Crippen LogP contribution in [0.25, 0.3) is 5.69 Å². The molecule has 0 aliphatic rings. The van der Waals surface area contributed by atoms with Gasteiger partial charge in [0, 0.05) is 22.6 Å². The van der Waals surface area contributed by atoms with Gasteiger partial charge in [-0.2, -0.15) is 0 Å².